The Morgan fingerprint density at radius 2 is 1.77 bits per heavy atom. The number of rotatable bonds is 4. The molecule has 1 heterocycles. The van der Waals surface area contributed by atoms with Crippen molar-refractivity contribution in [3.8, 4) is 0 Å². The predicted molar refractivity (Wildman–Crippen MR) is 77.2 cm³/mol. The van der Waals surface area contributed by atoms with Crippen molar-refractivity contribution in [1.82, 2.24) is 0 Å². The molecular formula is C17H11FO4. The fourth-order valence-electron chi connectivity index (χ4n) is 1.99. The Kier molecular flexibility index (Phi) is 3.70. The summed E-state index contributed by atoms with van der Waals surface area (Å²) in [6.45, 7) is -0.434. The molecule has 0 aliphatic rings. The van der Waals surface area contributed by atoms with E-state index in [2.05, 4.69) is 0 Å². The van der Waals surface area contributed by atoms with Gasteiger partial charge in [0.05, 0.1) is 5.56 Å². The third kappa shape index (κ3) is 2.88. The van der Waals surface area contributed by atoms with Gasteiger partial charge in [0.2, 0.25) is 5.78 Å². The quantitative estimate of drug-likeness (QED) is 0.545. The van der Waals surface area contributed by atoms with Gasteiger partial charge < -0.3 is 9.15 Å². The summed E-state index contributed by atoms with van der Waals surface area (Å²) in [5, 5.41) is 0.802. The van der Waals surface area contributed by atoms with Crippen LogP contribution in [0.5, 0.6) is 0 Å². The summed E-state index contributed by atoms with van der Waals surface area (Å²) in [6, 6.07) is 13.7. The van der Waals surface area contributed by atoms with E-state index in [0.29, 0.717) is 5.58 Å². The molecule has 0 radical (unpaired) electrons. The molecule has 0 amide bonds. The number of Topliss-reactive ketones (excluding diaryl/α,β-unsaturated/α-hetero) is 1. The zero-order valence-corrected chi connectivity index (χ0v) is 11.4. The van der Waals surface area contributed by atoms with Gasteiger partial charge in [0.25, 0.3) is 0 Å². The molecule has 0 unspecified atom stereocenters. The molecular weight excluding hydrogens is 287 g/mol. The molecule has 2 aromatic carbocycles. The number of halogens is 1. The van der Waals surface area contributed by atoms with Crippen molar-refractivity contribution in [3.63, 3.8) is 0 Å². The minimum absolute atomic E-state index is 0.133. The summed E-state index contributed by atoms with van der Waals surface area (Å²) in [7, 11) is 0. The van der Waals surface area contributed by atoms with Gasteiger partial charge in [0.15, 0.2) is 12.4 Å². The second kappa shape index (κ2) is 5.81. The van der Waals surface area contributed by atoms with Gasteiger partial charge in [-0.1, -0.05) is 18.2 Å². The highest BCUT2D eigenvalue weighted by molar-refractivity contribution is 6.00. The van der Waals surface area contributed by atoms with E-state index in [9.17, 15) is 14.0 Å². The fraction of sp³-hybridized carbons (Fsp3) is 0.0588. The van der Waals surface area contributed by atoms with Crippen LogP contribution in [0.25, 0.3) is 11.0 Å². The minimum atomic E-state index is -0.690. The van der Waals surface area contributed by atoms with Crippen molar-refractivity contribution in [2.24, 2.45) is 0 Å². The van der Waals surface area contributed by atoms with E-state index in [4.69, 9.17) is 9.15 Å². The van der Waals surface area contributed by atoms with Crippen molar-refractivity contribution < 1.29 is 23.1 Å². The molecule has 4 nitrogen and oxygen atoms in total. The maximum Gasteiger partial charge on any atom is 0.338 e. The lowest BCUT2D eigenvalue weighted by molar-refractivity contribution is 0.0468. The van der Waals surface area contributed by atoms with Crippen LogP contribution in [0.15, 0.2) is 59.0 Å². The first kappa shape index (κ1) is 14.0. The van der Waals surface area contributed by atoms with Gasteiger partial charge >= 0.3 is 5.97 Å². The van der Waals surface area contributed by atoms with Crippen LogP contribution in [0.2, 0.25) is 0 Å². The molecule has 0 saturated carbocycles. The molecule has 0 spiro atoms. The van der Waals surface area contributed by atoms with E-state index in [1.54, 1.807) is 18.2 Å². The Bertz CT molecular complexity index is 800. The van der Waals surface area contributed by atoms with Gasteiger partial charge in [-0.2, -0.15) is 0 Å². The zero-order valence-electron chi connectivity index (χ0n) is 11.4. The van der Waals surface area contributed by atoms with Crippen LogP contribution in [-0.4, -0.2) is 18.4 Å². The molecule has 0 fully saturated rings. The number of carbonyl (C=O) groups is 2. The van der Waals surface area contributed by atoms with Crippen LogP contribution in [0.1, 0.15) is 20.9 Å². The second-order valence-corrected chi connectivity index (χ2v) is 4.65. The summed E-state index contributed by atoms with van der Waals surface area (Å²) < 4.78 is 23.1. The van der Waals surface area contributed by atoms with E-state index in [1.807, 2.05) is 12.1 Å². The molecule has 0 saturated heterocycles. The lowest BCUT2D eigenvalue weighted by Gasteiger charge is -2.02. The first-order chi connectivity index (χ1) is 10.6. The maximum atomic E-state index is 12.8. The molecule has 0 N–H and O–H groups in total. The van der Waals surface area contributed by atoms with Crippen LogP contribution >= 0.6 is 0 Å². The Labute approximate surface area is 125 Å². The molecule has 0 aliphatic carbocycles. The Balaban J connectivity index is 1.66. The molecule has 110 valence electrons. The average Bonchev–Trinajstić information content (AvgIpc) is 2.97. The maximum absolute atomic E-state index is 12.8. The van der Waals surface area contributed by atoms with Crippen LogP contribution in [0, 0.1) is 5.82 Å². The summed E-state index contributed by atoms with van der Waals surface area (Å²) in [5.74, 6) is -1.45. The lowest BCUT2D eigenvalue weighted by atomic mass is 10.2. The SMILES string of the molecule is O=C(OCC(=O)c1cc2ccccc2o1)c1ccc(F)cc1. The monoisotopic (exact) mass is 298 g/mol. The number of hydrogen-bond donors (Lipinski definition) is 0. The molecule has 5 heteroatoms. The van der Waals surface area contributed by atoms with Gasteiger partial charge in [-0.15, -0.1) is 0 Å². The smallest absolute Gasteiger partial charge is 0.338 e. The Hall–Kier alpha value is -2.95. The third-order valence-electron chi connectivity index (χ3n) is 3.11. The second-order valence-electron chi connectivity index (χ2n) is 4.65. The van der Waals surface area contributed by atoms with Gasteiger partial charge in [0, 0.05) is 5.39 Å². The van der Waals surface area contributed by atoms with Crippen molar-refractivity contribution in [1.29, 1.82) is 0 Å². The van der Waals surface area contributed by atoms with Crippen molar-refractivity contribution in [2.45, 2.75) is 0 Å². The van der Waals surface area contributed by atoms with Crippen LogP contribution in [0.3, 0.4) is 0 Å². The Morgan fingerprint density at radius 3 is 2.50 bits per heavy atom. The Morgan fingerprint density at radius 1 is 1.05 bits per heavy atom. The number of furan rings is 1. The highest BCUT2D eigenvalue weighted by atomic mass is 19.1. The molecule has 3 rings (SSSR count). The average molecular weight is 298 g/mol. The largest absolute Gasteiger partial charge is 0.454 e. The van der Waals surface area contributed by atoms with E-state index in [1.165, 1.54) is 12.1 Å². The van der Waals surface area contributed by atoms with Gasteiger partial charge in [-0.05, 0) is 36.4 Å². The van der Waals surface area contributed by atoms with E-state index < -0.39 is 24.2 Å². The highest BCUT2D eigenvalue weighted by Gasteiger charge is 2.15. The molecule has 22 heavy (non-hydrogen) atoms. The van der Waals surface area contributed by atoms with E-state index in [0.717, 1.165) is 17.5 Å². The molecule has 3 aromatic rings. The standard InChI is InChI=1S/C17H11FO4/c18-13-7-5-11(6-8-13)17(20)21-10-14(19)16-9-12-3-1-2-4-15(12)22-16/h1-9H,10H2. The summed E-state index contributed by atoms with van der Waals surface area (Å²) >= 11 is 0. The zero-order chi connectivity index (χ0) is 15.5. The van der Waals surface area contributed by atoms with Gasteiger partial charge in [0.1, 0.15) is 11.4 Å². The predicted octanol–water partition coefficient (Wildman–Crippen LogP) is 3.61. The number of fused-ring (bicyclic) bond motifs is 1. The summed E-state index contributed by atoms with van der Waals surface area (Å²) in [4.78, 5) is 23.7. The first-order valence-electron chi connectivity index (χ1n) is 6.58. The van der Waals surface area contributed by atoms with Crippen molar-refractivity contribution >= 4 is 22.7 Å². The van der Waals surface area contributed by atoms with Crippen LogP contribution in [-0.2, 0) is 4.74 Å². The van der Waals surface area contributed by atoms with Gasteiger partial charge in [-0.3, -0.25) is 4.79 Å². The third-order valence-corrected chi connectivity index (χ3v) is 3.11. The molecule has 0 atom stereocenters. The number of esters is 1. The number of benzene rings is 2. The minimum Gasteiger partial charge on any atom is -0.454 e. The summed E-state index contributed by atoms with van der Waals surface area (Å²) in [5.41, 5.74) is 0.773. The van der Waals surface area contributed by atoms with E-state index >= 15 is 0 Å². The lowest BCUT2D eigenvalue weighted by Crippen LogP contribution is -2.13. The van der Waals surface area contributed by atoms with Crippen molar-refractivity contribution in [3.05, 3.63) is 71.7 Å². The van der Waals surface area contributed by atoms with Crippen molar-refractivity contribution in [2.75, 3.05) is 6.61 Å². The van der Waals surface area contributed by atoms with Crippen LogP contribution in [0.4, 0.5) is 4.39 Å². The number of hydrogen-bond acceptors (Lipinski definition) is 4. The fourth-order valence-corrected chi connectivity index (χ4v) is 1.99. The molecule has 0 aliphatic heterocycles. The van der Waals surface area contributed by atoms with Gasteiger partial charge in [-0.25, -0.2) is 9.18 Å². The normalized spacial score (nSPS) is 10.6. The first-order valence-corrected chi connectivity index (χ1v) is 6.58. The molecule has 0 bridgehead atoms. The highest BCUT2D eigenvalue weighted by Crippen LogP contribution is 2.19. The van der Waals surface area contributed by atoms with E-state index in [-0.39, 0.29) is 11.3 Å². The summed E-state index contributed by atoms with van der Waals surface area (Å²) in [6.07, 6.45) is 0. The number of ether oxygens (including phenoxy) is 1. The number of ketones is 1. The molecule has 1 aromatic heterocycles. The number of para-hydroxylation sites is 1. The number of carbonyl (C=O) groups excluding carboxylic acids is 2. The van der Waals surface area contributed by atoms with Crippen LogP contribution < -0.4 is 0 Å². The topological polar surface area (TPSA) is 56.5 Å².